The van der Waals surface area contributed by atoms with Crippen LogP contribution in [0.2, 0.25) is 0 Å². The van der Waals surface area contributed by atoms with Crippen molar-refractivity contribution in [2.24, 2.45) is 5.41 Å². The zero-order valence-corrected chi connectivity index (χ0v) is 22.2. The maximum atomic E-state index is 5.92. The molecule has 0 unspecified atom stereocenters. The molecular formula is C28H44ClNO. The second kappa shape index (κ2) is 11.8. The number of rotatable bonds is 8. The molecule has 31 heavy (non-hydrogen) atoms. The summed E-state index contributed by atoms with van der Waals surface area (Å²) >= 11 is 5.92. The molecule has 0 saturated heterocycles. The van der Waals surface area contributed by atoms with Crippen LogP contribution in [0.3, 0.4) is 0 Å². The fourth-order valence-corrected chi connectivity index (χ4v) is 4.75. The average Bonchev–Trinajstić information content (AvgIpc) is 2.59. The predicted octanol–water partition coefficient (Wildman–Crippen LogP) is 8.63. The Morgan fingerprint density at radius 1 is 0.903 bits per heavy atom. The number of ether oxygens (including phenoxy) is 1. The van der Waals surface area contributed by atoms with Gasteiger partial charge in [-0.2, -0.15) is 0 Å². The number of halogens is 1. The van der Waals surface area contributed by atoms with Crippen LogP contribution in [0.5, 0.6) is 5.75 Å². The monoisotopic (exact) mass is 445 g/mol. The first-order valence-electron chi connectivity index (χ1n) is 11.4. The molecule has 0 heterocycles. The summed E-state index contributed by atoms with van der Waals surface area (Å²) in [5.41, 5.74) is 6.76. The molecule has 0 spiro atoms. The maximum Gasteiger partial charge on any atom is 0.122 e. The standard InChI is InChI=1S/C18H30ClN.C10H14O/c1-13-10-14(2)16(15(3)11-13)20-18(6,7)12-17(4,5)8-9-19;1-8(2)11-10-7-5-4-6-9(10)3/h10-11,20H,8-9,12H2,1-7H3;4-8H,1-3H3. The van der Waals surface area contributed by atoms with Crippen LogP contribution in [0.4, 0.5) is 5.69 Å². The lowest BCUT2D eigenvalue weighted by Crippen LogP contribution is -2.37. The topological polar surface area (TPSA) is 21.3 Å². The van der Waals surface area contributed by atoms with Crippen LogP contribution >= 0.6 is 11.6 Å². The van der Waals surface area contributed by atoms with E-state index in [4.69, 9.17) is 16.3 Å². The predicted molar refractivity (Wildman–Crippen MR) is 139 cm³/mol. The van der Waals surface area contributed by atoms with Crippen molar-refractivity contribution in [2.45, 2.75) is 93.7 Å². The Morgan fingerprint density at radius 3 is 1.94 bits per heavy atom. The van der Waals surface area contributed by atoms with E-state index >= 15 is 0 Å². The maximum absolute atomic E-state index is 5.92. The molecule has 2 aromatic rings. The quantitative estimate of drug-likeness (QED) is 0.410. The number of hydrogen-bond donors (Lipinski definition) is 1. The number of para-hydroxylation sites is 1. The van der Waals surface area contributed by atoms with E-state index in [9.17, 15) is 0 Å². The molecule has 0 aliphatic carbocycles. The fourth-order valence-electron chi connectivity index (χ4n) is 4.24. The Balaban J connectivity index is 0.000000367. The van der Waals surface area contributed by atoms with E-state index < -0.39 is 0 Å². The van der Waals surface area contributed by atoms with Gasteiger partial charge in [-0.15, -0.1) is 11.6 Å². The van der Waals surface area contributed by atoms with Crippen LogP contribution in [0, 0.1) is 33.1 Å². The van der Waals surface area contributed by atoms with Crippen molar-refractivity contribution < 1.29 is 4.74 Å². The molecule has 2 rings (SSSR count). The highest BCUT2D eigenvalue weighted by Crippen LogP contribution is 2.35. The van der Waals surface area contributed by atoms with Gasteiger partial charge in [0.05, 0.1) is 6.10 Å². The van der Waals surface area contributed by atoms with Crippen molar-refractivity contribution >= 4 is 17.3 Å². The van der Waals surface area contributed by atoms with Crippen molar-refractivity contribution in [1.29, 1.82) is 0 Å². The minimum absolute atomic E-state index is 0.0559. The summed E-state index contributed by atoms with van der Waals surface area (Å²) in [5.74, 6) is 1.72. The van der Waals surface area contributed by atoms with Gasteiger partial charge in [-0.3, -0.25) is 0 Å². The van der Waals surface area contributed by atoms with E-state index in [0.717, 1.165) is 24.5 Å². The van der Waals surface area contributed by atoms with E-state index in [1.54, 1.807) is 0 Å². The smallest absolute Gasteiger partial charge is 0.122 e. The Labute approximate surface area is 196 Å². The molecule has 2 aromatic carbocycles. The Hall–Kier alpha value is -1.67. The van der Waals surface area contributed by atoms with Crippen molar-refractivity contribution in [3.05, 3.63) is 58.7 Å². The third-order valence-electron chi connectivity index (χ3n) is 5.29. The van der Waals surface area contributed by atoms with Gasteiger partial charge in [0.1, 0.15) is 5.75 Å². The normalized spacial score (nSPS) is 11.7. The van der Waals surface area contributed by atoms with Gasteiger partial charge in [-0.1, -0.05) is 49.7 Å². The SMILES string of the molecule is Cc1cc(C)c(NC(C)(C)CC(C)(C)CCCl)c(C)c1.Cc1ccccc1OC(C)C. The van der Waals surface area contributed by atoms with E-state index in [2.05, 4.69) is 78.9 Å². The largest absolute Gasteiger partial charge is 0.491 e. The second-order valence-electron chi connectivity index (χ2n) is 10.5. The van der Waals surface area contributed by atoms with Gasteiger partial charge < -0.3 is 10.1 Å². The highest BCUT2D eigenvalue weighted by Gasteiger charge is 2.29. The molecule has 0 radical (unpaired) electrons. The molecule has 0 saturated carbocycles. The first-order chi connectivity index (χ1) is 14.3. The molecule has 0 atom stereocenters. The summed E-state index contributed by atoms with van der Waals surface area (Å²) in [7, 11) is 0. The van der Waals surface area contributed by atoms with Crippen LogP contribution < -0.4 is 10.1 Å². The van der Waals surface area contributed by atoms with Crippen molar-refractivity contribution in [3.8, 4) is 5.75 Å². The third-order valence-corrected chi connectivity index (χ3v) is 5.48. The molecule has 0 bridgehead atoms. The lowest BCUT2D eigenvalue weighted by atomic mass is 9.78. The molecule has 174 valence electrons. The Bertz CT molecular complexity index is 801. The number of aryl methyl sites for hydroxylation is 4. The van der Waals surface area contributed by atoms with Crippen LogP contribution in [0.1, 0.15) is 76.6 Å². The molecule has 0 amide bonds. The van der Waals surface area contributed by atoms with Crippen molar-refractivity contribution in [1.82, 2.24) is 0 Å². The molecule has 0 aliphatic rings. The molecule has 1 N–H and O–H groups in total. The molecular weight excluding hydrogens is 402 g/mol. The third kappa shape index (κ3) is 9.99. The highest BCUT2D eigenvalue weighted by atomic mass is 35.5. The first-order valence-corrected chi connectivity index (χ1v) is 11.9. The van der Waals surface area contributed by atoms with Crippen LogP contribution in [0.25, 0.3) is 0 Å². The summed E-state index contributed by atoms with van der Waals surface area (Å²) in [6.07, 6.45) is 2.40. The van der Waals surface area contributed by atoms with Crippen molar-refractivity contribution in [2.75, 3.05) is 11.2 Å². The van der Waals surface area contributed by atoms with Gasteiger partial charge >= 0.3 is 0 Å². The summed E-state index contributed by atoms with van der Waals surface area (Å²) in [5, 5.41) is 3.75. The number of nitrogens with one attached hydrogen (secondary N) is 1. The highest BCUT2D eigenvalue weighted by molar-refractivity contribution is 6.17. The van der Waals surface area contributed by atoms with E-state index in [-0.39, 0.29) is 17.1 Å². The summed E-state index contributed by atoms with van der Waals surface area (Å²) < 4.78 is 5.54. The fraction of sp³-hybridized carbons (Fsp3) is 0.571. The lowest BCUT2D eigenvalue weighted by Gasteiger charge is -2.37. The van der Waals surface area contributed by atoms with E-state index in [1.165, 1.54) is 27.9 Å². The number of hydrogen-bond acceptors (Lipinski definition) is 2. The van der Waals surface area contributed by atoms with Gasteiger partial charge in [0.15, 0.2) is 0 Å². The minimum Gasteiger partial charge on any atom is -0.491 e. The van der Waals surface area contributed by atoms with Gasteiger partial charge in [-0.25, -0.2) is 0 Å². The van der Waals surface area contributed by atoms with Gasteiger partial charge in [-0.05, 0) is 96.4 Å². The molecule has 0 aliphatic heterocycles. The number of benzene rings is 2. The zero-order chi connectivity index (χ0) is 23.8. The number of alkyl halides is 1. The summed E-state index contributed by atoms with van der Waals surface area (Å²) in [6, 6.07) is 12.5. The van der Waals surface area contributed by atoms with Crippen LogP contribution in [-0.4, -0.2) is 17.5 Å². The van der Waals surface area contributed by atoms with Crippen molar-refractivity contribution in [3.63, 3.8) is 0 Å². The van der Waals surface area contributed by atoms with E-state index in [1.807, 2.05) is 32.0 Å². The molecule has 0 aromatic heterocycles. The number of anilines is 1. The second-order valence-corrected chi connectivity index (χ2v) is 10.9. The average molecular weight is 446 g/mol. The molecule has 2 nitrogen and oxygen atoms in total. The van der Waals surface area contributed by atoms with Crippen LogP contribution in [-0.2, 0) is 0 Å². The Kier molecular flexibility index (Phi) is 10.4. The minimum atomic E-state index is 0.0559. The van der Waals surface area contributed by atoms with Gasteiger partial charge in [0.25, 0.3) is 0 Å². The Morgan fingerprint density at radius 2 is 1.45 bits per heavy atom. The summed E-state index contributed by atoms with van der Waals surface area (Å²) in [6.45, 7) is 21.8. The van der Waals surface area contributed by atoms with Gasteiger partial charge in [0.2, 0.25) is 0 Å². The summed E-state index contributed by atoms with van der Waals surface area (Å²) in [4.78, 5) is 0. The lowest BCUT2D eigenvalue weighted by molar-refractivity contribution is 0.241. The molecule has 0 fully saturated rings. The first kappa shape index (κ1) is 27.4. The van der Waals surface area contributed by atoms with E-state index in [0.29, 0.717) is 0 Å². The zero-order valence-electron chi connectivity index (χ0n) is 21.4. The van der Waals surface area contributed by atoms with Crippen LogP contribution in [0.15, 0.2) is 36.4 Å². The molecule has 3 heteroatoms. The van der Waals surface area contributed by atoms with Gasteiger partial charge in [0, 0.05) is 17.1 Å².